The monoisotopic (exact) mass is 345 g/mol. The molecule has 1 aromatic heterocycles. The molecule has 0 bridgehead atoms. The summed E-state index contributed by atoms with van der Waals surface area (Å²) in [5.74, 6) is -0.222. The summed E-state index contributed by atoms with van der Waals surface area (Å²) < 4.78 is 5.27. The molecule has 2 aromatic rings. The number of nitrogens with one attached hydrogen (secondary N) is 2. The third-order valence-corrected chi connectivity index (χ3v) is 4.49. The number of benzene rings is 1. The third-order valence-electron chi connectivity index (χ3n) is 3.62. The Morgan fingerprint density at radius 1 is 1.08 bits per heavy atom. The van der Waals surface area contributed by atoms with Crippen molar-refractivity contribution in [2.45, 2.75) is 0 Å². The van der Waals surface area contributed by atoms with E-state index in [1.165, 1.54) is 11.3 Å². The largest absolute Gasteiger partial charge is 0.379 e. The number of thiophene rings is 1. The number of ether oxygens (including phenoxy) is 1. The van der Waals surface area contributed by atoms with E-state index in [-0.39, 0.29) is 11.8 Å². The lowest BCUT2D eigenvalue weighted by atomic mass is 10.2. The Hall–Kier alpha value is -2.22. The van der Waals surface area contributed by atoms with Gasteiger partial charge in [0.15, 0.2) is 0 Å². The fraction of sp³-hybridized carbons (Fsp3) is 0.294. The Bertz CT molecular complexity index is 697. The minimum absolute atomic E-state index is 0.0707. The van der Waals surface area contributed by atoms with Crippen LogP contribution in [0.3, 0.4) is 0 Å². The number of rotatable bonds is 5. The number of hydrogen-bond donors (Lipinski definition) is 2. The molecule has 0 unspecified atom stereocenters. The zero-order chi connectivity index (χ0) is 16.8. The lowest BCUT2D eigenvalue weighted by Crippen LogP contribution is -2.41. The van der Waals surface area contributed by atoms with E-state index in [0.717, 1.165) is 13.1 Å². The number of nitrogens with zero attached hydrogens (tertiary/aromatic N) is 1. The lowest BCUT2D eigenvalue weighted by molar-refractivity contribution is -0.118. The summed E-state index contributed by atoms with van der Waals surface area (Å²) in [6.07, 6.45) is 0. The van der Waals surface area contributed by atoms with Crippen molar-refractivity contribution >= 4 is 34.5 Å². The van der Waals surface area contributed by atoms with Crippen molar-refractivity contribution in [2.24, 2.45) is 0 Å². The molecule has 0 radical (unpaired) electrons. The van der Waals surface area contributed by atoms with E-state index in [2.05, 4.69) is 15.5 Å². The fourth-order valence-electron chi connectivity index (χ4n) is 2.44. The van der Waals surface area contributed by atoms with Crippen molar-refractivity contribution in [3.8, 4) is 0 Å². The van der Waals surface area contributed by atoms with Gasteiger partial charge >= 0.3 is 0 Å². The first-order valence-corrected chi connectivity index (χ1v) is 8.63. The molecule has 2 N–H and O–H groups in total. The van der Waals surface area contributed by atoms with Gasteiger partial charge in [-0.2, -0.15) is 0 Å². The molecule has 0 saturated carbocycles. The van der Waals surface area contributed by atoms with Crippen LogP contribution in [-0.2, 0) is 9.53 Å². The Kier molecular flexibility index (Phi) is 5.58. The summed E-state index contributed by atoms with van der Waals surface area (Å²) in [4.78, 5) is 26.9. The van der Waals surface area contributed by atoms with E-state index in [1.807, 2.05) is 11.4 Å². The van der Waals surface area contributed by atoms with E-state index in [4.69, 9.17) is 4.74 Å². The molecule has 7 heteroatoms. The van der Waals surface area contributed by atoms with E-state index >= 15 is 0 Å². The van der Waals surface area contributed by atoms with Crippen LogP contribution in [0.15, 0.2) is 41.8 Å². The van der Waals surface area contributed by atoms with Crippen molar-refractivity contribution in [1.29, 1.82) is 0 Å². The molecular weight excluding hydrogens is 326 g/mol. The summed E-state index contributed by atoms with van der Waals surface area (Å²) >= 11 is 1.39. The maximum Gasteiger partial charge on any atom is 0.265 e. The SMILES string of the molecule is O=C(CN1CCOCC1)Nc1cccc(NC(=O)c2cccs2)c1. The summed E-state index contributed by atoms with van der Waals surface area (Å²) in [5.41, 5.74) is 1.31. The first-order chi connectivity index (χ1) is 11.7. The molecule has 0 spiro atoms. The molecule has 2 amide bonds. The first kappa shape index (κ1) is 16.6. The smallest absolute Gasteiger partial charge is 0.265 e. The lowest BCUT2D eigenvalue weighted by Gasteiger charge is -2.25. The van der Waals surface area contributed by atoms with Crippen molar-refractivity contribution < 1.29 is 14.3 Å². The average molecular weight is 345 g/mol. The van der Waals surface area contributed by atoms with Gasteiger partial charge in [0, 0.05) is 24.5 Å². The van der Waals surface area contributed by atoms with Crippen LogP contribution in [-0.4, -0.2) is 49.6 Å². The van der Waals surface area contributed by atoms with Gasteiger partial charge in [-0.05, 0) is 29.6 Å². The Morgan fingerprint density at radius 3 is 2.54 bits per heavy atom. The molecule has 1 fully saturated rings. The van der Waals surface area contributed by atoms with Crippen LogP contribution in [0, 0.1) is 0 Å². The van der Waals surface area contributed by atoms with Gasteiger partial charge in [0.25, 0.3) is 5.91 Å². The van der Waals surface area contributed by atoms with Crippen molar-refractivity contribution in [3.05, 3.63) is 46.7 Å². The summed E-state index contributed by atoms with van der Waals surface area (Å²) in [6.45, 7) is 3.21. The molecule has 1 aliphatic heterocycles. The highest BCUT2D eigenvalue weighted by Gasteiger charge is 2.14. The average Bonchev–Trinajstić information content (AvgIpc) is 3.10. The highest BCUT2D eigenvalue weighted by molar-refractivity contribution is 7.12. The van der Waals surface area contributed by atoms with Gasteiger partial charge in [0.2, 0.25) is 5.91 Å². The van der Waals surface area contributed by atoms with Crippen molar-refractivity contribution in [1.82, 2.24) is 4.90 Å². The second-order valence-corrected chi connectivity index (χ2v) is 6.40. The Morgan fingerprint density at radius 2 is 1.83 bits per heavy atom. The summed E-state index contributed by atoms with van der Waals surface area (Å²) in [7, 11) is 0. The molecule has 0 atom stereocenters. The third kappa shape index (κ3) is 4.64. The van der Waals surface area contributed by atoms with Crippen LogP contribution < -0.4 is 10.6 Å². The number of hydrogen-bond acceptors (Lipinski definition) is 5. The maximum absolute atomic E-state index is 12.1. The van der Waals surface area contributed by atoms with Gasteiger partial charge < -0.3 is 15.4 Å². The number of anilines is 2. The van der Waals surface area contributed by atoms with Crippen LogP contribution in [0.5, 0.6) is 0 Å². The number of carbonyl (C=O) groups is 2. The van der Waals surface area contributed by atoms with Crippen LogP contribution in [0.4, 0.5) is 11.4 Å². The van der Waals surface area contributed by atoms with Gasteiger partial charge in [0.1, 0.15) is 0 Å². The van der Waals surface area contributed by atoms with E-state index in [1.54, 1.807) is 30.3 Å². The summed E-state index contributed by atoms with van der Waals surface area (Å²) in [6, 6.07) is 10.8. The van der Waals surface area contributed by atoms with E-state index in [9.17, 15) is 9.59 Å². The predicted molar refractivity (Wildman–Crippen MR) is 94.6 cm³/mol. The topological polar surface area (TPSA) is 70.7 Å². The molecule has 24 heavy (non-hydrogen) atoms. The molecule has 2 heterocycles. The van der Waals surface area contributed by atoms with Crippen molar-refractivity contribution in [3.63, 3.8) is 0 Å². The number of amides is 2. The maximum atomic E-state index is 12.1. The Balaban J connectivity index is 1.56. The van der Waals surface area contributed by atoms with Gasteiger partial charge in [-0.15, -0.1) is 11.3 Å². The molecule has 3 rings (SSSR count). The van der Waals surface area contributed by atoms with Gasteiger partial charge in [-0.25, -0.2) is 0 Å². The van der Waals surface area contributed by atoms with E-state index in [0.29, 0.717) is 36.0 Å². The van der Waals surface area contributed by atoms with Gasteiger partial charge in [-0.3, -0.25) is 14.5 Å². The molecule has 1 saturated heterocycles. The first-order valence-electron chi connectivity index (χ1n) is 7.75. The highest BCUT2D eigenvalue weighted by Crippen LogP contribution is 2.17. The van der Waals surface area contributed by atoms with Crippen molar-refractivity contribution in [2.75, 3.05) is 43.5 Å². The molecule has 0 aliphatic carbocycles. The molecule has 126 valence electrons. The van der Waals surface area contributed by atoms with Crippen LogP contribution in [0.25, 0.3) is 0 Å². The van der Waals surface area contributed by atoms with Gasteiger partial charge in [0.05, 0.1) is 24.6 Å². The molecule has 1 aromatic carbocycles. The van der Waals surface area contributed by atoms with Crippen LogP contribution >= 0.6 is 11.3 Å². The highest BCUT2D eigenvalue weighted by atomic mass is 32.1. The van der Waals surface area contributed by atoms with Gasteiger partial charge in [-0.1, -0.05) is 12.1 Å². The van der Waals surface area contributed by atoms with Crippen LogP contribution in [0.2, 0.25) is 0 Å². The normalized spacial score (nSPS) is 15.0. The quantitative estimate of drug-likeness (QED) is 0.872. The molecular formula is C17H19N3O3S. The number of carbonyl (C=O) groups excluding carboxylic acids is 2. The standard InChI is InChI=1S/C17H19N3O3S/c21-16(12-20-6-8-23-9-7-20)18-13-3-1-4-14(11-13)19-17(22)15-5-2-10-24-15/h1-5,10-11H,6-9,12H2,(H,18,21)(H,19,22). The Labute approximate surface area is 144 Å². The molecule has 1 aliphatic rings. The van der Waals surface area contributed by atoms with Crippen LogP contribution in [0.1, 0.15) is 9.67 Å². The minimum atomic E-state index is -0.151. The second kappa shape index (κ2) is 8.05. The number of morpholine rings is 1. The minimum Gasteiger partial charge on any atom is -0.379 e. The summed E-state index contributed by atoms with van der Waals surface area (Å²) in [5, 5.41) is 7.56. The zero-order valence-electron chi connectivity index (χ0n) is 13.2. The zero-order valence-corrected chi connectivity index (χ0v) is 14.0. The predicted octanol–water partition coefficient (Wildman–Crippen LogP) is 2.27. The second-order valence-electron chi connectivity index (χ2n) is 5.45. The fourth-order valence-corrected chi connectivity index (χ4v) is 3.06. The molecule has 6 nitrogen and oxygen atoms in total. The van der Waals surface area contributed by atoms with E-state index < -0.39 is 0 Å².